The lowest BCUT2D eigenvalue weighted by Gasteiger charge is -2.24. The van der Waals surface area contributed by atoms with E-state index in [0.29, 0.717) is 0 Å². The summed E-state index contributed by atoms with van der Waals surface area (Å²) >= 11 is 0. The van der Waals surface area contributed by atoms with E-state index in [0.717, 1.165) is 51.4 Å². The Balaban J connectivity index is 4.66. The fourth-order valence-corrected chi connectivity index (χ4v) is 3.33. The van der Waals surface area contributed by atoms with Crippen molar-refractivity contribution in [1.29, 1.82) is 0 Å². The molecular weight excluding hydrogens is 376 g/mol. The predicted octanol–water partition coefficient (Wildman–Crippen LogP) is 9.43. The molecule has 0 rings (SSSR count). The summed E-state index contributed by atoms with van der Waals surface area (Å²) in [5, 5.41) is 10.8. The Morgan fingerprint density at radius 1 is 0.677 bits per heavy atom. The van der Waals surface area contributed by atoms with E-state index in [9.17, 15) is 5.11 Å². The lowest BCUT2D eigenvalue weighted by Crippen LogP contribution is -2.22. The molecule has 0 amide bonds. The average molecular weight is 427 g/mol. The SMILES string of the molecule is C=C[C@@](C)(/C=C/C(C)(O)CC/C=C(\C)CCC=C(C)C)CC/C=C(\C)CCC=C(C)C. The van der Waals surface area contributed by atoms with E-state index in [1.165, 1.54) is 22.3 Å². The maximum atomic E-state index is 10.8. The monoisotopic (exact) mass is 426 g/mol. The number of rotatable bonds is 15. The molecule has 0 aliphatic rings. The number of hydrogen-bond acceptors (Lipinski definition) is 1. The quantitative estimate of drug-likeness (QED) is 0.258. The molecule has 0 saturated carbocycles. The molecule has 0 fully saturated rings. The molecule has 2 atom stereocenters. The fourth-order valence-electron chi connectivity index (χ4n) is 3.33. The van der Waals surface area contributed by atoms with Crippen LogP contribution in [0.25, 0.3) is 0 Å². The summed E-state index contributed by atoms with van der Waals surface area (Å²) in [6, 6.07) is 0. The van der Waals surface area contributed by atoms with E-state index >= 15 is 0 Å². The molecular formula is C30H50O. The first kappa shape index (κ1) is 29.4. The standard InChI is InChI=1S/C30H50O/c1-10-29(8,21-13-19-27(6)17-11-15-25(2)3)23-24-30(9,31)22-14-20-28(7)18-12-16-26(4)5/h10,15-16,19-20,23-24,31H,1,11-14,17-18,21-22H2,2-9H3/b24-23+,27-19+,28-20+/t29-,30?/m1/s1. The van der Waals surface area contributed by atoms with E-state index in [-0.39, 0.29) is 5.41 Å². The van der Waals surface area contributed by atoms with Crippen molar-refractivity contribution in [1.82, 2.24) is 0 Å². The predicted molar refractivity (Wildman–Crippen MR) is 141 cm³/mol. The second kappa shape index (κ2) is 15.2. The molecule has 1 heteroatoms. The zero-order valence-corrected chi connectivity index (χ0v) is 21.9. The molecule has 0 aliphatic heterocycles. The first-order valence-electron chi connectivity index (χ1n) is 12.0. The third kappa shape index (κ3) is 16.7. The van der Waals surface area contributed by atoms with Crippen molar-refractivity contribution in [3.63, 3.8) is 0 Å². The van der Waals surface area contributed by atoms with Crippen LogP contribution in [0.1, 0.15) is 107 Å². The van der Waals surface area contributed by atoms with Crippen molar-refractivity contribution < 1.29 is 5.11 Å². The molecule has 0 aliphatic carbocycles. The highest BCUT2D eigenvalue weighted by atomic mass is 16.3. The number of aliphatic hydroxyl groups is 1. The summed E-state index contributed by atoms with van der Waals surface area (Å²) in [4.78, 5) is 0. The van der Waals surface area contributed by atoms with Crippen molar-refractivity contribution in [3.8, 4) is 0 Å². The molecule has 0 saturated heterocycles. The molecule has 1 unspecified atom stereocenters. The molecule has 0 radical (unpaired) electrons. The average Bonchev–Trinajstić information content (AvgIpc) is 2.66. The first-order valence-corrected chi connectivity index (χ1v) is 12.0. The summed E-state index contributed by atoms with van der Waals surface area (Å²) in [6.07, 6.45) is 23.5. The smallest absolute Gasteiger partial charge is 0.0802 e. The molecule has 0 spiro atoms. The van der Waals surface area contributed by atoms with Crippen molar-refractivity contribution in [3.05, 3.63) is 71.4 Å². The molecule has 31 heavy (non-hydrogen) atoms. The molecule has 0 bridgehead atoms. The highest BCUT2D eigenvalue weighted by molar-refractivity contribution is 5.13. The van der Waals surface area contributed by atoms with Gasteiger partial charge in [0, 0.05) is 5.41 Å². The summed E-state index contributed by atoms with van der Waals surface area (Å²) in [5.41, 5.74) is 4.72. The highest BCUT2D eigenvalue weighted by Crippen LogP contribution is 2.29. The third-order valence-corrected chi connectivity index (χ3v) is 5.79. The van der Waals surface area contributed by atoms with Crippen LogP contribution in [-0.4, -0.2) is 10.7 Å². The van der Waals surface area contributed by atoms with Gasteiger partial charge in [0.1, 0.15) is 0 Å². The van der Waals surface area contributed by atoms with Gasteiger partial charge in [0.05, 0.1) is 5.60 Å². The molecule has 0 aromatic heterocycles. The van der Waals surface area contributed by atoms with E-state index in [4.69, 9.17) is 0 Å². The van der Waals surface area contributed by atoms with Crippen LogP contribution in [0.3, 0.4) is 0 Å². The Hall–Kier alpha value is -1.60. The van der Waals surface area contributed by atoms with Gasteiger partial charge in [0.2, 0.25) is 0 Å². The fraction of sp³-hybridized carbons (Fsp3) is 0.600. The van der Waals surface area contributed by atoms with Crippen molar-refractivity contribution >= 4 is 0 Å². The molecule has 176 valence electrons. The number of allylic oxidation sites excluding steroid dienone is 10. The van der Waals surface area contributed by atoms with E-state index in [1.807, 2.05) is 19.1 Å². The molecule has 0 aromatic carbocycles. The largest absolute Gasteiger partial charge is 0.386 e. The van der Waals surface area contributed by atoms with Crippen LogP contribution in [0.15, 0.2) is 71.4 Å². The van der Waals surface area contributed by atoms with Crippen molar-refractivity contribution in [2.24, 2.45) is 5.41 Å². The van der Waals surface area contributed by atoms with Crippen LogP contribution in [0.4, 0.5) is 0 Å². The lowest BCUT2D eigenvalue weighted by atomic mass is 9.83. The van der Waals surface area contributed by atoms with E-state index in [2.05, 4.69) is 85.4 Å². The summed E-state index contributed by atoms with van der Waals surface area (Å²) < 4.78 is 0. The lowest BCUT2D eigenvalue weighted by molar-refractivity contribution is 0.102. The van der Waals surface area contributed by atoms with Gasteiger partial charge >= 0.3 is 0 Å². The Bertz CT molecular complexity index is 673. The van der Waals surface area contributed by atoms with Crippen LogP contribution in [0, 0.1) is 5.41 Å². The van der Waals surface area contributed by atoms with Gasteiger partial charge in [-0.05, 0) is 99.8 Å². The highest BCUT2D eigenvalue weighted by Gasteiger charge is 2.20. The van der Waals surface area contributed by atoms with Gasteiger partial charge in [0.15, 0.2) is 0 Å². The van der Waals surface area contributed by atoms with Gasteiger partial charge in [0.25, 0.3) is 0 Å². The van der Waals surface area contributed by atoms with Gasteiger partial charge in [-0.3, -0.25) is 0 Å². The van der Waals surface area contributed by atoms with E-state index in [1.54, 1.807) is 0 Å². The Morgan fingerprint density at radius 3 is 1.55 bits per heavy atom. The maximum Gasteiger partial charge on any atom is 0.0802 e. The maximum absolute atomic E-state index is 10.8. The molecule has 0 heterocycles. The Morgan fingerprint density at radius 2 is 1.13 bits per heavy atom. The Labute approximate surface area is 194 Å². The van der Waals surface area contributed by atoms with Crippen molar-refractivity contribution in [2.75, 3.05) is 0 Å². The summed E-state index contributed by atoms with van der Waals surface area (Å²) in [6.45, 7) is 21.2. The minimum atomic E-state index is -0.795. The zero-order valence-electron chi connectivity index (χ0n) is 21.9. The van der Waals surface area contributed by atoms with Gasteiger partial charge in [-0.15, -0.1) is 6.58 Å². The Kier molecular flexibility index (Phi) is 14.5. The third-order valence-electron chi connectivity index (χ3n) is 5.79. The van der Waals surface area contributed by atoms with Gasteiger partial charge < -0.3 is 5.11 Å². The summed E-state index contributed by atoms with van der Waals surface area (Å²) in [7, 11) is 0. The molecule has 1 nitrogen and oxygen atoms in total. The topological polar surface area (TPSA) is 20.2 Å². The molecule has 0 aromatic rings. The van der Waals surface area contributed by atoms with Crippen LogP contribution in [0.2, 0.25) is 0 Å². The number of hydrogen-bond donors (Lipinski definition) is 1. The van der Waals surface area contributed by atoms with Crippen LogP contribution in [-0.2, 0) is 0 Å². The minimum Gasteiger partial charge on any atom is -0.386 e. The van der Waals surface area contributed by atoms with E-state index < -0.39 is 5.60 Å². The second-order valence-electron chi connectivity index (χ2n) is 10.2. The first-order chi connectivity index (χ1) is 14.4. The molecule has 1 N–H and O–H groups in total. The van der Waals surface area contributed by atoms with Crippen LogP contribution < -0.4 is 0 Å². The normalized spacial score (nSPS) is 16.5. The summed E-state index contributed by atoms with van der Waals surface area (Å²) in [5.74, 6) is 0. The minimum absolute atomic E-state index is 0.100. The second-order valence-corrected chi connectivity index (χ2v) is 10.2. The van der Waals surface area contributed by atoms with Gasteiger partial charge in [-0.2, -0.15) is 0 Å². The van der Waals surface area contributed by atoms with Crippen molar-refractivity contribution in [2.45, 2.75) is 112 Å². The van der Waals surface area contributed by atoms with Gasteiger partial charge in [-0.1, -0.05) is 71.7 Å². The van der Waals surface area contributed by atoms with Gasteiger partial charge in [-0.25, -0.2) is 0 Å². The zero-order chi connectivity index (χ0) is 23.9. The van der Waals surface area contributed by atoms with Crippen LogP contribution in [0.5, 0.6) is 0 Å². The van der Waals surface area contributed by atoms with Crippen LogP contribution >= 0.6 is 0 Å².